The molecule has 0 spiro atoms. The van der Waals surface area contributed by atoms with E-state index >= 15 is 0 Å². The first kappa shape index (κ1) is 12.8. The van der Waals surface area contributed by atoms with Crippen LogP contribution in [0.1, 0.15) is 36.5 Å². The standard InChI is InChI=1S/C15H16N4OS/c1-8-6-10-13(11(20)7-8)14(12-4-3-5-21-12)19-15(17-10)16-9(2)18-19/h3-5,8,14H,6-7H2,1-2H3,(H,16,17,18)/t8-,14-/m1/s1. The van der Waals surface area contributed by atoms with Gasteiger partial charge in [-0.05, 0) is 30.7 Å². The summed E-state index contributed by atoms with van der Waals surface area (Å²) >= 11 is 1.66. The predicted octanol–water partition coefficient (Wildman–Crippen LogP) is 2.92. The summed E-state index contributed by atoms with van der Waals surface area (Å²) in [7, 11) is 0. The highest BCUT2D eigenvalue weighted by molar-refractivity contribution is 7.10. The molecule has 3 heterocycles. The second kappa shape index (κ2) is 4.53. The molecule has 2 aromatic rings. The fourth-order valence-electron chi connectivity index (χ4n) is 3.22. The Morgan fingerprint density at radius 2 is 2.29 bits per heavy atom. The zero-order valence-electron chi connectivity index (χ0n) is 12.0. The maximum absolute atomic E-state index is 12.6. The Morgan fingerprint density at radius 3 is 3.05 bits per heavy atom. The molecule has 2 aromatic heterocycles. The lowest BCUT2D eigenvalue weighted by atomic mass is 9.83. The van der Waals surface area contributed by atoms with Crippen molar-refractivity contribution in [2.45, 2.75) is 32.7 Å². The number of carbonyl (C=O) groups is 1. The molecule has 0 saturated carbocycles. The number of thiophene rings is 1. The van der Waals surface area contributed by atoms with Crippen molar-refractivity contribution in [2.75, 3.05) is 5.32 Å². The molecule has 6 heteroatoms. The molecule has 0 saturated heterocycles. The van der Waals surface area contributed by atoms with E-state index in [1.54, 1.807) is 11.3 Å². The molecule has 4 rings (SSSR count). The van der Waals surface area contributed by atoms with Gasteiger partial charge in [-0.1, -0.05) is 13.0 Å². The molecule has 0 amide bonds. The average molecular weight is 300 g/mol. The number of aryl methyl sites for hydroxylation is 1. The number of fused-ring (bicyclic) bond motifs is 1. The molecule has 0 bridgehead atoms. The fraction of sp³-hybridized carbons (Fsp3) is 0.400. The Labute approximate surface area is 126 Å². The van der Waals surface area contributed by atoms with Gasteiger partial charge in [0.25, 0.3) is 0 Å². The normalized spacial score (nSPS) is 24.6. The zero-order chi connectivity index (χ0) is 14.6. The maximum atomic E-state index is 12.6. The lowest BCUT2D eigenvalue weighted by Crippen LogP contribution is -2.33. The van der Waals surface area contributed by atoms with Crippen molar-refractivity contribution in [3.63, 3.8) is 0 Å². The SMILES string of the molecule is Cc1nc2n(n1)[C@H](c1cccs1)C1=C(C[C@@H](C)CC1=O)N2. The average Bonchev–Trinajstić information content (AvgIpc) is 3.03. The van der Waals surface area contributed by atoms with Gasteiger partial charge in [-0.2, -0.15) is 10.1 Å². The van der Waals surface area contributed by atoms with Gasteiger partial charge in [-0.15, -0.1) is 11.3 Å². The quantitative estimate of drug-likeness (QED) is 0.879. The van der Waals surface area contributed by atoms with E-state index in [-0.39, 0.29) is 11.8 Å². The van der Waals surface area contributed by atoms with E-state index in [0.29, 0.717) is 12.3 Å². The molecule has 5 nitrogen and oxygen atoms in total. The summed E-state index contributed by atoms with van der Waals surface area (Å²) in [4.78, 5) is 18.2. The Bertz CT molecular complexity index is 744. The number of carbonyl (C=O) groups excluding carboxylic acids is 1. The van der Waals surface area contributed by atoms with Crippen LogP contribution in [0.25, 0.3) is 0 Å². The van der Waals surface area contributed by atoms with Crippen molar-refractivity contribution in [1.29, 1.82) is 0 Å². The number of allylic oxidation sites excluding steroid dienone is 2. The van der Waals surface area contributed by atoms with E-state index < -0.39 is 0 Å². The second-order valence-electron chi connectivity index (χ2n) is 5.80. The Kier molecular flexibility index (Phi) is 2.75. The highest BCUT2D eigenvalue weighted by Crippen LogP contribution is 2.42. The maximum Gasteiger partial charge on any atom is 0.226 e. The summed E-state index contributed by atoms with van der Waals surface area (Å²) in [5, 5.41) is 9.86. The van der Waals surface area contributed by atoms with Crippen molar-refractivity contribution in [3.05, 3.63) is 39.5 Å². The van der Waals surface area contributed by atoms with Crippen LogP contribution in [0.15, 0.2) is 28.8 Å². The van der Waals surface area contributed by atoms with Crippen LogP contribution in [0.4, 0.5) is 5.95 Å². The van der Waals surface area contributed by atoms with E-state index in [4.69, 9.17) is 0 Å². The second-order valence-corrected chi connectivity index (χ2v) is 6.78. The van der Waals surface area contributed by atoms with Gasteiger partial charge in [-0.25, -0.2) is 4.68 Å². The smallest absolute Gasteiger partial charge is 0.226 e. The lowest BCUT2D eigenvalue weighted by molar-refractivity contribution is -0.117. The summed E-state index contributed by atoms with van der Waals surface area (Å²) in [5.74, 6) is 2.07. The van der Waals surface area contributed by atoms with Crippen molar-refractivity contribution in [2.24, 2.45) is 5.92 Å². The van der Waals surface area contributed by atoms with Gasteiger partial charge in [0.2, 0.25) is 5.95 Å². The summed E-state index contributed by atoms with van der Waals surface area (Å²) in [5.41, 5.74) is 1.89. The Hall–Kier alpha value is -1.95. The number of hydrogen-bond acceptors (Lipinski definition) is 5. The first-order chi connectivity index (χ1) is 10.1. The number of nitrogens with one attached hydrogen (secondary N) is 1. The highest BCUT2D eigenvalue weighted by atomic mass is 32.1. The molecule has 0 radical (unpaired) electrons. The highest BCUT2D eigenvalue weighted by Gasteiger charge is 2.38. The van der Waals surface area contributed by atoms with Gasteiger partial charge in [0.1, 0.15) is 11.9 Å². The van der Waals surface area contributed by atoms with E-state index in [1.165, 1.54) is 0 Å². The van der Waals surface area contributed by atoms with Crippen LogP contribution >= 0.6 is 11.3 Å². The van der Waals surface area contributed by atoms with Gasteiger partial charge in [0, 0.05) is 22.6 Å². The summed E-state index contributed by atoms with van der Waals surface area (Å²) in [6.07, 6.45) is 1.51. The minimum atomic E-state index is -0.127. The minimum Gasteiger partial charge on any atom is -0.328 e. The molecule has 1 N–H and O–H groups in total. The van der Waals surface area contributed by atoms with Gasteiger partial charge >= 0.3 is 0 Å². The number of Topliss-reactive ketones (excluding diaryl/α,β-unsaturated/α-hetero) is 1. The molecule has 21 heavy (non-hydrogen) atoms. The van der Waals surface area contributed by atoms with Gasteiger partial charge < -0.3 is 5.32 Å². The van der Waals surface area contributed by atoms with Crippen molar-refractivity contribution >= 4 is 23.1 Å². The predicted molar refractivity (Wildman–Crippen MR) is 81.3 cm³/mol. The van der Waals surface area contributed by atoms with Crippen LogP contribution in [0.5, 0.6) is 0 Å². The molecule has 1 aliphatic heterocycles. The molecule has 0 aromatic carbocycles. The van der Waals surface area contributed by atoms with Crippen molar-refractivity contribution in [1.82, 2.24) is 14.8 Å². The van der Waals surface area contributed by atoms with E-state index in [1.807, 2.05) is 23.1 Å². The van der Waals surface area contributed by atoms with Crippen LogP contribution in [0, 0.1) is 12.8 Å². The molecule has 2 aliphatic rings. The van der Waals surface area contributed by atoms with E-state index in [9.17, 15) is 4.79 Å². The fourth-order valence-corrected chi connectivity index (χ4v) is 4.04. The number of nitrogens with zero attached hydrogens (tertiary/aromatic N) is 3. The van der Waals surface area contributed by atoms with E-state index in [0.717, 1.165) is 34.3 Å². The number of anilines is 1. The third-order valence-electron chi connectivity index (χ3n) is 4.04. The molecular weight excluding hydrogens is 284 g/mol. The van der Waals surface area contributed by atoms with Crippen LogP contribution in [-0.2, 0) is 4.79 Å². The van der Waals surface area contributed by atoms with E-state index in [2.05, 4.69) is 28.4 Å². The largest absolute Gasteiger partial charge is 0.328 e. The topological polar surface area (TPSA) is 59.8 Å². The Morgan fingerprint density at radius 1 is 1.43 bits per heavy atom. The van der Waals surface area contributed by atoms with Crippen molar-refractivity contribution in [3.8, 4) is 0 Å². The molecule has 1 aliphatic carbocycles. The number of hydrogen-bond donors (Lipinski definition) is 1. The molecular formula is C15H16N4OS. The molecule has 0 fully saturated rings. The van der Waals surface area contributed by atoms with Gasteiger partial charge in [0.05, 0.1) is 0 Å². The lowest BCUT2D eigenvalue weighted by Gasteiger charge is -2.33. The Balaban J connectivity index is 1.92. The van der Waals surface area contributed by atoms with Gasteiger partial charge in [0.15, 0.2) is 5.78 Å². The van der Waals surface area contributed by atoms with Crippen LogP contribution in [0.3, 0.4) is 0 Å². The third-order valence-corrected chi connectivity index (χ3v) is 4.97. The monoisotopic (exact) mass is 300 g/mol. The third kappa shape index (κ3) is 1.93. The van der Waals surface area contributed by atoms with Crippen molar-refractivity contribution < 1.29 is 4.79 Å². The van der Waals surface area contributed by atoms with Gasteiger partial charge in [-0.3, -0.25) is 4.79 Å². The van der Waals surface area contributed by atoms with Crippen LogP contribution < -0.4 is 5.32 Å². The number of ketones is 1. The zero-order valence-corrected chi connectivity index (χ0v) is 12.8. The molecule has 0 unspecified atom stereocenters. The first-order valence-corrected chi connectivity index (χ1v) is 8.01. The molecule has 2 atom stereocenters. The van der Waals surface area contributed by atoms with Crippen LogP contribution in [0.2, 0.25) is 0 Å². The number of rotatable bonds is 1. The first-order valence-electron chi connectivity index (χ1n) is 7.13. The van der Waals surface area contributed by atoms with Crippen LogP contribution in [-0.4, -0.2) is 20.5 Å². The number of aromatic nitrogens is 3. The summed E-state index contributed by atoms with van der Waals surface area (Å²) in [6, 6.07) is 3.96. The summed E-state index contributed by atoms with van der Waals surface area (Å²) < 4.78 is 1.86. The minimum absolute atomic E-state index is 0.127. The summed E-state index contributed by atoms with van der Waals surface area (Å²) in [6.45, 7) is 4.00. The molecule has 108 valence electrons.